The van der Waals surface area contributed by atoms with Crippen molar-refractivity contribution in [2.24, 2.45) is 4.99 Å². The van der Waals surface area contributed by atoms with Gasteiger partial charge in [-0.05, 0) is 17.7 Å². The van der Waals surface area contributed by atoms with E-state index in [1.54, 1.807) is 0 Å². The quantitative estimate of drug-likeness (QED) is 0.561. The summed E-state index contributed by atoms with van der Waals surface area (Å²) in [7, 11) is 0. The van der Waals surface area contributed by atoms with Gasteiger partial charge in [0.2, 0.25) is 0 Å². The highest BCUT2D eigenvalue weighted by Gasteiger charge is 2.06. The van der Waals surface area contributed by atoms with Crippen LogP contribution in [0.2, 0.25) is 0 Å². The van der Waals surface area contributed by atoms with Crippen molar-refractivity contribution in [3.05, 3.63) is 108 Å². The van der Waals surface area contributed by atoms with E-state index in [-0.39, 0.29) is 0 Å². The van der Waals surface area contributed by atoms with Crippen molar-refractivity contribution in [3.63, 3.8) is 0 Å². The maximum absolute atomic E-state index is 4.86. The van der Waals surface area contributed by atoms with E-state index >= 15 is 0 Å². The third-order valence-corrected chi connectivity index (χ3v) is 3.46. The molecule has 3 aromatic rings. The molecule has 0 aliphatic rings. The van der Waals surface area contributed by atoms with Gasteiger partial charge in [0.25, 0.3) is 0 Å². The minimum absolute atomic E-state index is 0.938. The van der Waals surface area contributed by atoms with Gasteiger partial charge in [-0.3, -0.25) is 0 Å². The monoisotopic (exact) mass is 283 g/mol. The van der Waals surface area contributed by atoms with Crippen LogP contribution >= 0.6 is 0 Å². The first-order valence-electron chi connectivity index (χ1n) is 7.29. The molecule has 0 spiro atoms. The van der Waals surface area contributed by atoms with Crippen LogP contribution in [-0.4, -0.2) is 5.71 Å². The molecule has 22 heavy (non-hydrogen) atoms. The second-order valence-electron chi connectivity index (χ2n) is 4.99. The molecule has 0 fully saturated rings. The summed E-state index contributed by atoms with van der Waals surface area (Å²) in [6.45, 7) is 3.78. The lowest BCUT2D eigenvalue weighted by Gasteiger charge is -2.07. The van der Waals surface area contributed by atoms with Crippen LogP contribution in [0.3, 0.4) is 0 Å². The zero-order valence-electron chi connectivity index (χ0n) is 12.3. The molecule has 0 aliphatic heterocycles. The van der Waals surface area contributed by atoms with Crippen LogP contribution in [0.15, 0.2) is 96.5 Å². The number of hydrogen-bond donors (Lipinski definition) is 0. The predicted octanol–water partition coefficient (Wildman–Crippen LogP) is 5.50. The summed E-state index contributed by atoms with van der Waals surface area (Å²) in [5.74, 6) is 0. The molecule has 1 heteroatoms. The van der Waals surface area contributed by atoms with Gasteiger partial charge < -0.3 is 0 Å². The van der Waals surface area contributed by atoms with Crippen LogP contribution < -0.4 is 0 Å². The normalized spacial score (nSPS) is 10.0. The standard InChI is InChI=1S/C21H17N/c1-2-17-13-15-20(16-14-17)22-21(18-9-5-3-6-10-18)19-11-7-4-8-12-19/h2-16H,1H2. The number of hydrogen-bond acceptors (Lipinski definition) is 1. The first-order valence-corrected chi connectivity index (χ1v) is 7.29. The lowest BCUT2D eigenvalue weighted by atomic mass is 10.0. The first-order chi connectivity index (χ1) is 10.9. The molecule has 1 nitrogen and oxygen atoms in total. The Morgan fingerprint density at radius 2 is 1.18 bits per heavy atom. The van der Waals surface area contributed by atoms with Gasteiger partial charge in [0.05, 0.1) is 11.4 Å². The van der Waals surface area contributed by atoms with Crippen LogP contribution in [0.1, 0.15) is 16.7 Å². The Bertz CT molecular complexity index is 728. The van der Waals surface area contributed by atoms with E-state index in [0.29, 0.717) is 0 Å². The van der Waals surface area contributed by atoms with E-state index in [2.05, 4.69) is 30.8 Å². The van der Waals surface area contributed by atoms with Crippen molar-refractivity contribution in [1.82, 2.24) is 0 Å². The van der Waals surface area contributed by atoms with Crippen LogP contribution in [-0.2, 0) is 0 Å². The summed E-state index contributed by atoms with van der Waals surface area (Å²) < 4.78 is 0. The zero-order chi connectivity index (χ0) is 15.2. The fourth-order valence-electron chi connectivity index (χ4n) is 2.30. The zero-order valence-corrected chi connectivity index (χ0v) is 12.3. The number of aliphatic imine (C=N–C) groups is 1. The Morgan fingerprint density at radius 1 is 0.682 bits per heavy atom. The highest BCUT2D eigenvalue weighted by Crippen LogP contribution is 2.19. The van der Waals surface area contributed by atoms with E-state index in [1.165, 1.54) is 0 Å². The smallest absolute Gasteiger partial charge is 0.0781 e. The van der Waals surface area contributed by atoms with Crippen molar-refractivity contribution in [2.75, 3.05) is 0 Å². The highest BCUT2D eigenvalue weighted by molar-refractivity contribution is 6.13. The largest absolute Gasteiger partial charge is 0.248 e. The summed E-state index contributed by atoms with van der Waals surface area (Å²) >= 11 is 0. The van der Waals surface area contributed by atoms with Crippen molar-refractivity contribution < 1.29 is 0 Å². The Morgan fingerprint density at radius 3 is 1.64 bits per heavy atom. The maximum Gasteiger partial charge on any atom is 0.0781 e. The predicted molar refractivity (Wildman–Crippen MR) is 94.7 cm³/mol. The molecule has 3 aromatic carbocycles. The molecule has 0 heterocycles. The SMILES string of the molecule is C=Cc1ccc(N=C(c2ccccc2)c2ccccc2)cc1. The number of nitrogens with zero attached hydrogens (tertiary/aromatic N) is 1. The van der Waals surface area contributed by atoms with Gasteiger partial charge in [-0.15, -0.1) is 0 Å². The molecule has 3 rings (SSSR count). The molecular formula is C21H17N. The first kappa shape index (κ1) is 14.0. The van der Waals surface area contributed by atoms with E-state index in [0.717, 1.165) is 28.1 Å². The Kier molecular flexibility index (Phi) is 4.26. The molecule has 0 atom stereocenters. The molecule has 0 aromatic heterocycles. The Hall–Kier alpha value is -2.93. The fraction of sp³-hybridized carbons (Fsp3) is 0. The summed E-state index contributed by atoms with van der Waals surface area (Å²) in [5.41, 5.74) is 5.24. The Labute approximate surface area is 131 Å². The van der Waals surface area contributed by atoms with Crippen molar-refractivity contribution in [2.45, 2.75) is 0 Å². The second kappa shape index (κ2) is 6.68. The Balaban J connectivity index is 2.08. The average Bonchev–Trinajstić information content (AvgIpc) is 2.62. The molecule has 0 aliphatic carbocycles. The van der Waals surface area contributed by atoms with E-state index in [1.807, 2.05) is 66.7 Å². The molecular weight excluding hydrogens is 266 g/mol. The third kappa shape index (κ3) is 3.21. The lowest BCUT2D eigenvalue weighted by Crippen LogP contribution is -2.02. The van der Waals surface area contributed by atoms with E-state index in [9.17, 15) is 0 Å². The lowest BCUT2D eigenvalue weighted by molar-refractivity contribution is 1.47. The fourth-order valence-corrected chi connectivity index (χ4v) is 2.30. The van der Waals surface area contributed by atoms with E-state index in [4.69, 9.17) is 4.99 Å². The van der Waals surface area contributed by atoms with Crippen LogP contribution in [0, 0.1) is 0 Å². The molecule has 0 bridgehead atoms. The van der Waals surface area contributed by atoms with Gasteiger partial charge >= 0.3 is 0 Å². The molecule has 0 N–H and O–H groups in total. The van der Waals surface area contributed by atoms with Crippen LogP contribution in [0.4, 0.5) is 5.69 Å². The van der Waals surface area contributed by atoms with Gasteiger partial charge in [0.15, 0.2) is 0 Å². The number of rotatable bonds is 4. The minimum Gasteiger partial charge on any atom is -0.248 e. The summed E-state index contributed by atoms with van der Waals surface area (Å²) in [6, 6.07) is 28.6. The van der Waals surface area contributed by atoms with Crippen molar-refractivity contribution in [1.29, 1.82) is 0 Å². The topological polar surface area (TPSA) is 12.4 Å². The second-order valence-corrected chi connectivity index (χ2v) is 4.99. The third-order valence-electron chi connectivity index (χ3n) is 3.46. The molecule has 0 saturated carbocycles. The highest BCUT2D eigenvalue weighted by atomic mass is 14.7. The van der Waals surface area contributed by atoms with Crippen LogP contribution in [0.5, 0.6) is 0 Å². The summed E-state index contributed by atoms with van der Waals surface area (Å²) in [5, 5.41) is 0. The minimum atomic E-state index is 0.938. The van der Waals surface area contributed by atoms with Gasteiger partial charge in [-0.25, -0.2) is 4.99 Å². The van der Waals surface area contributed by atoms with Gasteiger partial charge in [0, 0.05) is 11.1 Å². The maximum atomic E-state index is 4.86. The number of benzene rings is 3. The van der Waals surface area contributed by atoms with Crippen LogP contribution in [0.25, 0.3) is 6.08 Å². The van der Waals surface area contributed by atoms with Gasteiger partial charge in [-0.1, -0.05) is 85.5 Å². The summed E-state index contributed by atoms with van der Waals surface area (Å²) in [4.78, 5) is 4.86. The van der Waals surface area contributed by atoms with Crippen molar-refractivity contribution in [3.8, 4) is 0 Å². The molecule has 0 saturated heterocycles. The summed E-state index contributed by atoms with van der Waals surface area (Å²) in [6.07, 6.45) is 1.84. The van der Waals surface area contributed by atoms with Gasteiger partial charge in [0.1, 0.15) is 0 Å². The molecule has 106 valence electrons. The molecule has 0 amide bonds. The van der Waals surface area contributed by atoms with Crippen molar-refractivity contribution >= 4 is 17.5 Å². The molecule has 0 radical (unpaired) electrons. The molecule has 0 unspecified atom stereocenters. The average molecular weight is 283 g/mol. The van der Waals surface area contributed by atoms with E-state index < -0.39 is 0 Å². The van der Waals surface area contributed by atoms with Gasteiger partial charge in [-0.2, -0.15) is 0 Å².